The fourth-order valence-electron chi connectivity index (χ4n) is 10.5. The Morgan fingerprint density at radius 3 is 2.22 bits per heavy atom. The van der Waals surface area contributed by atoms with Crippen LogP contribution in [0, 0.1) is 23.7 Å². The molecule has 26 nitrogen and oxygen atoms in total. The number of hydrogen-bond acceptors (Lipinski definition) is 28. The number of amides is 2. The molecule has 4 aliphatic heterocycles. The Labute approximate surface area is 520 Å². The number of fused-ring (bicyclic) bond motifs is 2. The third-order valence-corrected chi connectivity index (χ3v) is 20.0. The molecule has 2 aliphatic carbocycles. The van der Waals surface area contributed by atoms with Crippen LogP contribution in [-0.4, -0.2) is 227 Å². The number of alkyl carbamates (subject to hydrolysis) is 1. The van der Waals surface area contributed by atoms with E-state index in [9.17, 15) is 34.8 Å². The van der Waals surface area contributed by atoms with Gasteiger partial charge in [-0.25, -0.2) is 9.59 Å². The molecule has 1 aromatic carbocycles. The van der Waals surface area contributed by atoms with E-state index < -0.39 is 134 Å². The average Bonchev–Trinajstić information content (AvgIpc) is 0.873. The molecule has 480 valence electrons. The van der Waals surface area contributed by atoms with Gasteiger partial charge in [-0.3, -0.25) is 19.7 Å². The quantitative estimate of drug-likeness (QED) is 0.0140. The molecule has 4 heterocycles. The lowest BCUT2D eigenvalue weighted by Gasteiger charge is -2.47. The second-order valence-electron chi connectivity index (χ2n) is 20.4. The van der Waals surface area contributed by atoms with Crippen LogP contribution in [0.5, 0.6) is 11.5 Å². The summed E-state index contributed by atoms with van der Waals surface area (Å²) in [7, 11) is 12.5. The van der Waals surface area contributed by atoms with Crippen LogP contribution in [0.25, 0.3) is 0 Å². The monoisotopic (exact) mass is 1300 g/mol. The number of hydrogen-bond donors (Lipinski definition) is 8. The first-order valence-electron chi connectivity index (χ1n) is 27.5. The van der Waals surface area contributed by atoms with Crippen molar-refractivity contribution in [1.29, 1.82) is 0 Å². The highest BCUT2D eigenvalue weighted by Crippen LogP contribution is 2.44. The molecule has 8 N–H and O–H groups in total. The zero-order chi connectivity index (χ0) is 63.3. The maximum atomic E-state index is 15.5. The van der Waals surface area contributed by atoms with Crippen molar-refractivity contribution in [2.45, 2.75) is 155 Å². The second-order valence-corrected chi connectivity index (χ2v) is 25.8. The van der Waals surface area contributed by atoms with E-state index in [2.05, 4.69) is 51.7 Å². The van der Waals surface area contributed by atoms with Crippen LogP contribution in [0.1, 0.15) is 50.4 Å². The molecule has 0 unspecified atom stereocenters. The van der Waals surface area contributed by atoms with Crippen molar-refractivity contribution in [3.05, 3.63) is 65.1 Å². The van der Waals surface area contributed by atoms with Gasteiger partial charge in [0.1, 0.15) is 18.3 Å². The van der Waals surface area contributed by atoms with E-state index in [1.54, 1.807) is 27.2 Å². The smallest absolute Gasteiger partial charge is 0.411 e. The molecule has 0 aromatic heterocycles. The van der Waals surface area contributed by atoms with Gasteiger partial charge in [0.2, 0.25) is 5.78 Å². The number of benzene rings is 1. The number of thioether (sulfide) groups is 1. The number of carbonyl (C=O) groups is 4. The normalized spacial score (nSPS) is 34.9. The minimum Gasteiger partial charge on any atom is -0.493 e. The zero-order valence-electron chi connectivity index (χ0n) is 49.8. The molecule has 1 aromatic rings. The molecule has 87 heavy (non-hydrogen) atoms. The summed E-state index contributed by atoms with van der Waals surface area (Å²) in [6, 6.07) is 1.34. The number of carbonyl (C=O) groups excluding carboxylic acids is 4. The van der Waals surface area contributed by atoms with Gasteiger partial charge in [0.05, 0.1) is 106 Å². The van der Waals surface area contributed by atoms with Gasteiger partial charge in [0, 0.05) is 55.4 Å². The molecule has 4 fully saturated rings. The Balaban J connectivity index is 1.23. The average molecular weight is 1300 g/mol. The van der Waals surface area contributed by atoms with Crippen LogP contribution in [0.4, 0.5) is 10.5 Å². The number of rotatable bonds is 24. The highest BCUT2D eigenvalue weighted by molar-refractivity contribution is 9.09. The minimum atomic E-state index is -2.63. The Hall–Kier alpha value is -4.62. The molecule has 30 heteroatoms. The number of aliphatic hydroxyl groups excluding tert-OH is 3. The summed E-state index contributed by atoms with van der Waals surface area (Å²) in [5, 5.41) is 56.5. The molecular formula is C57H76N4O22S4. The summed E-state index contributed by atoms with van der Waals surface area (Å²) in [6.45, 7) is 8.65. The number of esters is 1. The fourth-order valence-corrected chi connectivity index (χ4v) is 13.8. The van der Waals surface area contributed by atoms with Gasteiger partial charge in [-0.1, -0.05) is 57.9 Å². The third-order valence-electron chi connectivity index (χ3n) is 15.0. The maximum absolute atomic E-state index is 15.5. The molecule has 6 aliphatic rings. The van der Waals surface area contributed by atoms with E-state index >= 15 is 4.79 Å². The van der Waals surface area contributed by atoms with Crippen molar-refractivity contribution in [2.75, 3.05) is 72.8 Å². The number of hydroxylamine groups is 1. The predicted molar refractivity (Wildman–Crippen MR) is 321 cm³/mol. The lowest BCUT2D eigenvalue weighted by atomic mass is 9.73. The molecule has 0 spiro atoms. The Kier molecular flexibility index (Phi) is 26.0. The number of nitrogens with one attached hydrogen (secondary N) is 4. The first-order valence-corrected chi connectivity index (χ1v) is 32.9. The topological polar surface area (TPSA) is 327 Å². The van der Waals surface area contributed by atoms with E-state index in [4.69, 9.17) is 66.4 Å². The van der Waals surface area contributed by atoms with E-state index in [1.165, 1.54) is 95.7 Å². The largest absolute Gasteiger partial charge is 0.493 e. The molecule has 7 rings (SSSR count). The fraction of sp³-hybridized carbons (Fsp3) is 0.614. The molecule has 4 saturated heterocycles. The summed E-state index contributed by atoms with van der Waals surface area (Å²) in [6.07, 6.45) is -11.6. The van der Waals surface area contributed by atoms with Gasteiger partial charge in [0.15, 0.2) is 60.2 Å². The number of Topliss-reactive ketones (excluding diaryl/α,β-unsaturated/α-hetero) is 1. The predicted octanol–water partition coefficient (Wildman–Crippen LogP) is 2.64. The lowest BCUT2D eigenvalue weighted by molar-refractivity contribution is -0.336. The van der Waals surface area contributed by atoms with Gasteiger partial charge in [0.25, 0.3) is 5.91 Å². The zero-order valence-corrected chi connectivity index (χ0v) is 53.1. The second kappa shape index (κ2) is 32.4. The Morgan fingerprint density at radius 2 is 1.56 bits per heavy atom. The van der Waals surface area contributed by atoms with Gasteiger partial charge in [-0.05, 0) is 62.3 Å². The van der Waals surface area contributed by atoms with Crippen LogP contribution in [0.2, 0.25) is 0 Å². The molecule has 2 amide bonds. The van der Waals surface area contributed by atoms with E-state index in [0.29, 0.717) is 0 Å². The van der Waals surface area contributed by atoms with E-state index in [-0.39, 0.29) is 82.3 Å². The van der Waals surface area contributed by atoms with Gasteiger partial charge in [-0.2, -0.15) is 17.2 Å². The molecule has 0 radical (unpaired) electrons. The number of allylic oxidation sites excluding steroid dienone is 2. The molecule has 2 bridgehead atoms. The first-order chi connectivity index (χ1) is 41.7. The minimum absolute atomic E-state index is 0.0771. The van der Waals surface area contributed by atoms with Crippen molar-refractivity contribution < 1.29 is 106 Å². The molecule has 0 saturated carbocycles. The summed E-state index contributed by atoms with van der Waals surface area (Å²) in [5.74, 6) is 8.68. The molecule has 19 atom stereocenters. The number of methoxy groups -OCH3 is 5. The highest BCUT2D eigenvalue weighted by atomic mass is 33.5. The summed E-state index contributed by atoms with van der Waals surface area (Å²) in [4.78, 5) is 61.9. The molecular weight excluding hydrogens is 1220 g/mol. The third kappa shape index (κ3) is 16.7. The van der Waals surface area contributed by atoms with Gasteiger partial charge < -0.3 is 92.6 Å². The van der Waals surface area contributed by atoms with Crippen molar-refractivity contribution >= 4 is 72.6 Å². The van der Waals surface area contributed by atoms with Crippen LogP contribution >= 0.6 is 43.2 Å². The van der Waals surface area contributed by atoms with Crippen molar-refractivity contribution in [1.82, 2.24) is 16.1 Å². The summed E-state index contributed by atoms with van der Waals surface area (Å²) in [5.41, 5.74) is -0.858. The SMILES string of the molecule is C=C(OC)C(=O)Nc1cc(OC)c(OC)cc1C(=O)O[C@@H]1[C@H](C)O[C@@H](O[C@@H]2C(=O)C(NC(=O)OC)=C3/C(=C\CSSSC)[C@]2(O)C#C/C=C\C#C[C@@H]3O[C@@H]2O[C@H](C)[C@@H](NO[C@H]3C[C@H](O)[C@H](SC)[C@@H](C)O3)[C@H](O)[C@H]2O[C@H]2C[C@H](OC)[C@@H](NC)CO2)C[C@@H]1O. The van der Waals surface area contributed by atoms with E-state index in [1.807, 2.05) is 19.4 Å². The van der Waals surface area contributed by atoms with Gasteiger partial charge in [-0.15, -0.1) is 0 Å². The van der Waals surface area contributed by atoms with E-state index in [0.717, 1.165) is 7.11 Å². The van der Waals surface area contributed by atoms with Crippen LogP contribution in [0.3, 0.4) is 0 Å². The number of ether oxygens (including phenoxy) is 13. The first kappa shape index (κ1) is 69.8. The Bertz CT molecular complexity index is 2820. The van der Waals surface area contributed by atoms with Crippen LogP contribution in [0.15, 0.2) is 59.5 Å². The van der Waals surface area contributed by atoms with Gasteiger partial charge >= 0.3 is 12.1 Å². The van der Waals surface area contributed by atoms with Crippen LogP contribution < -0.4 is 30.9 Å². The highest BCUT2D eigenvalue weighted by Gasteiger charge is 2.57. The summed E-state index contributed by atoms with van der Waals surface area (Å²) >= 11 is 1.47. The van der Waals surface area contributed by atoms with Crippen LogP contribution in [-0.2, 0) is 66.5 Å². The summed E-state index contributed by atoms with van der Waals surface area (Å²) < 4.78 is 77.4. The number of ketones is 1. The number of aliphatic hydroxyl groups is 4. The standard InChI is InChI=1S/C57H76N4O22S4/c1-27-45(61-83-43-24-36(63)51(84-11)29(3)77-43)47(64)50(80-41-25-38(71-7)34(58-5)26-75-41)55(78-27)79-37-17-15-13-14-16-19-57(69)32(18-20-86-87-85-12)44(37)46(60-56(68)74-10)48(65)52(57)81-42-23-35(62)49(28(2)76-42)82-54(67)31-21-39(72-8)40(73-9)22-33(31)59-53(66)30(4)70-6/h13-14,18,21-22,27-29,34-38,41-43,45,47,49-52,55,58,61-64,69H,4,20,23-26H2,1-3,5-12H3,(H,59,66)(H,60,68)/b14-13-,32-18+/t27-,28+,29-,34+,35+,36+,37+,38+,41+,42+,43+,45-,47+,49-,50-,51-,52-,55+,57-/m1/s1. The Morgan fingerprint density at radius 1 is 0.851 bits per heavy atom. The lowest BCUT2D eigenvalue weighted by Crippen LogP contribution is -2.65. The van der Waals surface area contributed by atoms with Crippen molar-refractivity contribution in [3.63, 3.8) is 0 Å². The maximum Gasteiger partial charge on any atom is 0.411 e. The number of anilines is 1. The number of likely N-dealkylation sites (N-methyl/N-ethyl adjacent to an activating group) is 1. The van der Waals surface area contributed by atoms with Crippen molar-refractivity contribution in [3.8, 4) is 35.2 Å². The van der Waals surface area contributed by atoms with Crippen molar-refractivity contribution in [2.24, 2.45) is 0 Å².